The van der Waals surface area contributed by atoms with E-state index in [0.717, 1.165) is 12.0 Å². The second-order valence-corrected chi connectivity index (χ2v) is 5.28. The highest BCUT2D eigenvalue weighted by Crippen LogP contribution is 2.20. The summed E-state index contributed by atoms with van der Waals surface area (Å²) in [5.74, 6) is 1.31. The fourth-order valence-corrected chi connectivity index (χ4v) is 2.26. The molecule has 1 atom stereocenters. The second-order valence-electron chi connectivity index (χ2n) is 4.85. The molecule has 0 bridgehead atoms. The highest BCUT2D eigenvalue weighted by atomic mass is 35.5. The first-order chi connectivity index (χ1) is 10.2. The van der Waals surface area contributed by atoms with Crippen molar-refractivity contribution in [1.82, 2.24) is 15.2 Å². The molecule has 1 heterocycles. The third-order valence-electron chi connectivity index (χ3n) is 3.25. The number of aromatic nitrogens is 3. The van der Waals surface area contributed by atoms with E-state index < -0.39 is 0 Å². The number of aromatic amines is 1. The van der Waals surface area contributed by atoms with Crippen molar-refractivity contribution in [1.29, 1.82) is 0 Å². The first-order valence-electron chi connectivity index (χ1n) is 6.70. The van der Waals surface area contributed by atoms with E-state index in [1.165, 1.54) is 5.56 Å². The minimum Gasteiger partial charge on any atom is -0.321 e. The van der Waals surface area contributed by atoms with Crippen molar-refractivity contribution in [2.45, 2.75) is 12.5 Å². The smallest absolute Gasteiger partial charge is 0.181 e. The van der Waals surface area contributed by atoms with Gasteiger partial charge in [0.25, 0.3) is 0 Å². The maximum absolute atomic E-state index is 6.19. The van der Waals surface area contributed by atoms with Crippen molar-refractivity contribution in [3.05, 3.63) is 71.0 Å². The Morgan fingerprint density at radius 3 is 2.48 bits per heavy atom. The van der Waals surface area contributed by atoms with Gasteiger partial charge in [0.15, 0.2) is 5.82 Å². The standard InChI is InChI=1S/C16H15ClN4/c17-13-8-6-12(7-9-13)15-19-16(21-20-15)14(18)10-11-4-2-1-3-5-11/h1-9,14H,10,18H2,(H,19,20,21)/t14-/m1/s1. The first-order valence-corrected chi connectivity index (χ1v) is 7.08. The molecule has 0 aliphatic heterocycles. The molecule has 3 rings (SSSR count). The summed E-state index contributed by atoms with van der Waals surface area (Å²) in [6.07, 6.45) is 0.718. The van der Waals surface area contributed by atoms with Gasteiger partial charge in [0.1, 0.15) is 5.82 Å². The minimum atomic E-state index is -0.207. The Labute approximate surface area is 128 Å². The molecule has 1 aromatic heterocycles. The quantitative estimate of drug-likeness (QED) is 0.776. The maximum atomic E-state index is 6.19. The molecule has 0 spiro atoms. The normalized spacial score (nSPS) is 12.3. The summed E-state index contributed by atoms with van der Waals surface area (Å²) in [4.78, 5) is 4.47. The van der Waals surface area contributed by atoms with Crippen molar-refractivity contribution in [3.63, 3.8) is 0 Å². The van der Waals surface area contributed by atoms with Crippen molar-refractivity contribution < 1.29 is 0 Å². The fourth-order valence-electron chi connectivity index (χ4n) is 2.13. The van der Waals surface area contributed by atoms with Crippen molar-refractivity contribution in [2.24, 2.45) is 5.73 Å². The van der Waals surface area contributed by atoms with Gasteiger partial charge in [0.2, 0.25) is 0 Å². The Morgan fingerprint density at radius 1 is 1.05 bits per heavy atom. The van der Waals surface area contributed by atoms with Crippen molar-refractivity contribution in [2.75, 3.05) is 0 Å². The number of nitrogens with one attached hydrogen (secondary N) is 1. The van der Waals surface area contributed by atoms with E-state index in [2.05, 4.69) is 27.3 Å². The number of H-pyrrole nitrogens is 1. The molecular formula is C16H15ClN4. The summed E-state index contributed by atoms with van der Waals surface area (Å²) in [6, 6.07) is 17.3. The van der Waals surface area contributed by atoms with Crippen LogP contribution < -0.4 is 5.73 Å². The van der Waals surface area contributed by atoms with Gasteiger partial charge in [-0.15, -0.1) is 0 Å². The molecule has 0 amide bonds. The van der Waals surface area contributed by atoms with Crippen LogP contribution in [0.2, 0.25) is 5.02 Å². The number of nitrogens with zero attached hydrogens (tertiary/aromatic N) is 2. The molecule has 0 saturated heterocycles. The Balaban J connectivity index is 1.76. The average Bonchev–Trinajstić information content (AvgIpc) is 2.99. The van der Waals surface area contributed by atoms with E-state index in [9.17, 15) is 0 Å². The number of nitrogens with two attached hydrogens (primary N) is 1. The largest absolute Gasteiger partial charge is 0.321 e. The summed E-state index contributed by atoms with van der Waals surface area (Å²) >= 11 is 5.88. The molecule has 0 radical (unpaired) electrons. The van der Waals surface area contributed by atoms with Crippen LogP contribution in [0.3, 0.4) is 0 Å². The SMILES string of the molecule is N[C@H](Cc1ccccc1)c1nc(-c2ccc(Cl)cc2)n[nH]1. The number of benzene rings is 2. The van der Waals surface area contributed by atoms with E-state index in [0.29, 0.717) is 16.7 Å². The van der Waals surface area contributed by atoms with Crippen LogP contribution in [0.1, 0.15) is 17.4 Å². The third-order valence-corrected chi connectivity index (χ3v) is 3.51. The molecule has 21 heavy (non-hydrogen) atoms. The topological polar surface area (TPSA) is 67.6 Å². The molecule has 0 aliphatic carbocycles. The number of rotatable bonds is 4. The van der Waals surface area contributed by atoms with Crippen LogP contribution in [0.15, 0.2) is 54.6 Å². The number of halogens is 1. The van der Waals surface area contributed by atoms with Crippen molar-refractivity contribution in [3.8, 4) is 11.4 Å². The van der Waals surface area contributed by atoms with Crippen LogP contribution in [0, 0.1) is 0 Å². The van der Waals surface area contributed by atoms with E-state index in [1.54, 1.807) is 0 Å². The van der Waals surface area contributed by atoms with E-state index >= 15 is 0 Å². The van der Waals surface area contributed by atoms with Gasteiger partial charge in [-0.2, -0.15) is 5.10 Å². The zero-order valence-electron chi connectivity index (χ0n) is 11.3. The summed E-state index contributed by atoms with van der Waals surface area (Å²) < 4.78 is 0. The van der Waals surface area contributed by atoms with Crippen molar-refractivity contribution >= 4 is 11.6 Å². The minimum absolute atomic E-state index is 0.207. The van der Waals surface area contributed by atoms with Crippen LogP contribution >= 0.6 is 11.6 Å². The van der Waals surface area contributed by atoms with Gasteiger partial charge >= 0.3 is 0 Å². The van der Waals surface area contributed by atoms with Gasteiger partial charge < -0.3 is 5.73 Å². The van der Waals surface area contributed by atoms with Gasteiger partial charge in [-0.3, -0.25) is 5.10 Å². The molecule has 5 heteroatoms. The summed E-state index contributed by atoms with van der Waals surface area (Å²) in [5, 5.41) is 7.83. The van der Waals surface area contributed by atoms with E-state index in [4.69, 9.17) is 17.3 Å². The molecule has 3 aromatic rings. The third kappa shape index (κ3) is 3.29. The summed E-state index contributed by atoms with van der Waals surface area (Å²) in [5.41, 5.74) is 8.27. The lowest BCUT2D eigenvalue weighted by Crippen LogP contribution is -2.15. The average molecular weight is 299 g/mol. The highest BCUT2D eigenvalue weighted by Gasteiger charge is 2.13. The summed E-state index contributed by atoms with van der Waals surface area (Å²) in [6.45, 7) is 0. The molecule has 0 saturated carbocycles. The second kappa shape index (κ2) is 6.08. The maximum Gasteiger partial charge on any atom is 0.181 e. The van der Waals surface area contributed by atoms with Gasteiger partial charge in [-0.25, -0.2) is 4.98 Å². The zero-order valence-corrected chi connectivity index (χ0v) is 12.1. The summed E-state index contributed by atoms with van der Waals surface area (Å²) in [7, 11) is 0. The first kappa shape index (κ1) is 13.8. The van der Waals surface area contributed by atoms with Gasteiger partial charge in [0.05, 0.1) is 6.04 Å². The molecule has 106 valence electrons. The molecule has 3 N–H and O–H groups in total. The predicted octanol–water partition coefficient (Wildman–Crippen LogP) is 3.37. The molecule has 4 nitrogen and oxygen atoms in total. The lowest BCUT2D eigenvalue weighted by Gasteiger charge is -2.07. The fraction of sp³-hybridized carbons (Fsp3) is 0.125. The van der Waals surface area contributed by atoms with Crippen LogP contribution in [0.25, 0.3) is 11.4 Å². The van der Waals surface area contributed by atoms with Gasteiger partial charge in [0, 0.05) is 10.6 Å². The predicted molar refractivity (Wildman–Crippen MR) is 83.9 cm³/mol. The Kier molecular flexibility index (Phi) is 3.99. The van der Waals surface area contributed by atoms with E-state index in [1.807, 2.05) is 42.5 Å². The Bertz CT molecular complexity index is 707. The Hall–Kier alpha value is -2.17. The van der Waals surface area contributed by atoms with Crippen LogP contribution in [0.4, 0.5) is 0 Å². The zero-order chi connectivity index (χ0) is 14.7. The van der Waals surface area contributed by atoms with Crippen LogP contribution in [-0.2, 0) is 6.42 Å². The monoisotopic (exact) mass is 298 g/mol. The van der Waals surface area contributed by atoms with Crippen LogP contribution in [-0.4, -0.2) is 15.2 Å². The van der Waals surface area contributed by atoms with Gasteiger partial charge in [-0.1, -0.05) is 41.9 Å². The Morgan fingerprint density at radius 2 is 1.76 bits per heavy atom. The van der Waals surface area contributed by atoms with Gasteiger partial charge in [-0.05, 0) is 36.2 Å². The molecule has 2 aromatic carbocycles. The molecule has 0 fully saturated rings. The van der Waals surface area contributed by atoms with E-state index in [-0.39, 0.29) is 6.04 Å². The number of hydrogen-bond acceptors (Lipinski definition) is 3. The molecular weight excluding hydrogens is 284 g/mol. The highest BCUT2D eigenvalue weighted by molar-refractivity contribution is 6.30. The molecule has 0 unspecified atom stereocenters. The lowest BCUT2D eigenvalue weighted by atomic mass is 10.1. The lowest BCUT2D eigenvalue weighted by molar-refractivity contribution is 0.671. The van der Waals surface area contributed by atoms with Crippen LogP contribution in [0.5, 0.6) is 0 Å². The number of hydrogen-bond donors (Lipinski definition) is 2. The molecule has 0 aliphatic rings.